The Balaban J connectivity index is 2.36. The Morgan fingerprint density at radius 3 is 2.57 bits per heavy atom. The lowest BCUT2D eigenvalue weighted by molar-refractivity contribution is -0.138. The summed E-state index contributed by atoms with van der Waals surface area (Å²) in [5.41, 5.74) is 2.73. The highest BCUT2D eigenvalue weighted by Gasteiger charge is 2.32. The molecule has 2 rings (SSSR count). The first-order valence-corrected chi connectivity index (χ1v) is 7.27. The number of nitrogens with zero attached hydrogens (tertiary/aromatic N) is 1. The van der Waals surface area contributed by atoms with Gasteiger partial charge in [0.1, 0.15) is 6.61 Å². The molecule has 0 saturated heterocycles. The Labute approximate surface area is 135 Å². The second-order valence-corrected chi connectivity index (χ2v) is 5.44. The summed E-state index contributed by atoms with van der Waals surface area (Å²) >= 11 is 0. The van der Waals surface area contributed by atoms with Crippen LogP contribution in [-0.4, -0.2) is 32.7 Å². The summed E-state index contributed by atoms with van der Waals surface area (Å²) in [6, 6.07) is 6.76. The first-order valence-electron chi connectivity index (χ1n) is 7.27. The zero-order chi connectivity index (χ0) is 17.0. The van der Waals surface area contributed by atoms with Crippen LogP contribution in [-0.2, 0) is 9.53 Å². The smallest absolute Gasteiger partial charge is 0.338 e. The highest BCUT2D eigenvalue weighted by Crippen LogP contribution is 2.28. The zero-order valence-corrected chi connectivity index (χ0v) is 13.6. The molecule has 0 aromatic heterocycles. The Hall–Kier alpha value is -2.76. The normalized spacial score (nSPS) is 17.2. The van der Waals surface area contributed by atoms with Gasteiger partial charge in [-0.05, 0) is 24.6 Å². The van der Waals surface area contributed by atoms with Gasteiger partial charge in [0.2, 0.25) is 0 Å². The number of anilines is 1. The highest BCUT2D eigenvalue weighted by atomic mass is 16.5. The van der Waals surface area contributed by atoms with Crippen LogP contribution in [0.4, 0.5) is 10.5 Å². The molecule has 0 radical (unpaired) electrons. The number of urea groups is 1. The largest absolute Gasteiger partial charge is 0.458 e. The third-order valence-corrected chi connectivity index (χ3v) is 3.56. The minimum atomic E-state index is -0.544. The minimum absolute atomic E-state index is 0.121. The molecule has 0 unspecified atom stereocenters. The summed E-state index contributed by atoms with van der Waals surface area (Å²) < 4.78 is 5.14. The lowest BCUT2D eigenvalue weighted by Gasteiger charge is -2.28. The van der Waals surface area contributed by atoms with Crippen LogP contribution in [0, 0.1) is 0 Å². The van der Waals surface area contributed by atoms with E-state index in [1.807, 2.05) is 43.3 Å². The summed E-state index contributed by atoms with van der Waals surface area (Å²) in [6.45, 7) is 5.33. The lowest BCUT2D eigenvalue weighted by atomic mass is 9.95. The highest BCUT2D eigenvalue weighted by molar-refractivity contribution is 5.95. The van der Waals surface area contributed by atoms with Crippen LogP contribution in [0.3, 0.4) is 0 Å². The predicted molar refractivity (Wildman–Crippen MR) is 89.0 cm³/mol. The fourth-order valence-electron chi connectivity index (χ4n) is 2.39. The van der Waals surface area contributed by atoms with Gasteiger partial charge in [-0.3, -0.25) is 0 Å². The van der Waals surface area contributed by atoms with Gasteiger partial charge in [-0.25, -0.2) is 9.59 Å². The molecule has 2 N–H and O–H groups in total. The molecule has 1 heterocycles. The van der Waals surface area contributed by atoms with Crippen molar-refractivity contribution >= 4 is 17.7 Å². The average molecular weight is 315 g/mol. The maximum atomic E-state index is 12.3. The topological polar surface area (TPSA) is 70.7 Å². The third kappa shape index (κ3) is 3.71. The van der Waals surface area contributed by atoms with Crippen LogP contribution >= 0.6 is 0 Å². The number of esters is 1. The monoisotopic (exact) mass is 315 g/mol. The average Bonchev–Trinajstić information content (AvgIpc) is 2.52. The second-order valence-electron chi connectivity index (χ2n) is 5.44. The molecular formula is C17H21N3O3. The van der Waals surface area contributed by atoms with Crippen molar-refractivity contribution in [3.05, 3.63) is 53.8 Å². The van der Waals surface area contributed by atoms with E-state index in [4.69, 9.17) is 4.74 Å². The fraction of sp³-hybridized carbons (Fsp3) is 0.294. The van der Waals surface area contributed by atoms with E-state index < -0.39 is 12.0 Å². The zero-order valence-electron chi connectivity index (χ0n) is 13.6. The Bertz CT molecular complexity index is 648. The number of hydrogen-bond acceptors (Lipinski definition) is 4. The van der Waals surface area contributed by atoms with Crippen molar-refractivity contribution in [1.29, 1.82) is 0 Å². The maximum Gasteiger partial charge on any atom is 0.338 e. The van der Waals surface area contributed by atoms with Gasteiger partial charge >= 0.3 is 12.0 Å². The molecule has 23 heavy (non-hydrogen) atoms. The van der Waals surface area contributed by atoms with E-state index in [1.54, 1.807) is 6.92 Å². The van der Waals surface area contributed by atoms with Crippen molar-refractivity contribution in [3.8, 4) is 0 Å². The van der Waals surface area contributed by atoms with Crippen molar-refractivity contribution in [3.63, 3.8) is 0 Å². The molecule has 1 aliphatic heterocycles. The van der Waals surface area contributed by atoms with Crippen LogP contribution in [0.2, 0.25) is 0 Å². The molecule has 0 fully saturated rings. The standard InChI is InChI=1S/C17H21N3O3/c1-5-10-23-16(21)14-11(2)18-17(22)19-15(14)12-6-8-13(9-7-12)20(3)4/h5-9,15H,1,10H2,2-4H3,(H2,18,19,22)/t15-/m1/s1. The quantitative estimate of drug-likeness (QED) is 0.645. The summed E-state index contributed by atoms with van der Waals surface area (Å²) in [6.07, 6.45) is 1.50. The van der Waals surface area contributed by atoms with Gasteiger partial charge in [0, 0.05) is 25.5 Å². The van der Waals surface area contributed by atoms with Gasteiger partial charge in [-0.2, -0.15) is 0 Å². The maximum absolute atomic E-state index is 12.3. The van der Waals surface area contributed by atoms with Crippen molar-refractivity contribution in [2.45, 2.75) is 13.0 Å². The van der Waals surface area contributed by atoms with E-state index in [2.05, 4.69) is 17.2 Å². The molecule has 0 aliphatic carbocycles. The molecule has 2 amide bonds. The number of carbonyl (C=O) groups is 2. The number of rotatable bonds is 5. The number of allylic oxidation sites excluding steroid dienone is 1. The Morgan fingerprint density at radius 1 is 1.35 bits per heavy atom. The van der Waals surface area contributed by atoms with E-state index in [9.17, 15) is 9.59 Å². The molecule has 6 heteroatoms. The van der Waals surface area contributed by atoms with Crippen molar-refractivity contribution < 1.29 is 14.3 Å². The molecule has 0 saturated carbocycles. The number of carbonyl (C=O) groups excluding carboxylic acids is 2. The molecule has 1 aromatic carbocycles. The SMILES string of the molecule is C=CCOC(=O)C1=C(C)NC(=O)N[C@@H]1c1ccc(N(C)C)cc1. The molecular weight excluding hydrogens is 294 g/mol. The molecule has 122 valence electrons. The van der Waals surface area contributed by atoms with Gasteiger partial charge in [-0.15, -0.1) is 0 Å². The third-order valence-electron chi connectivity index (χ3n) is 3.56. The van der Waals surface area contributed by atoms with E-state index in [0.29, 0.717) is 11.3 Å². The molecule has 0 spiro atoms. The van der Waals surface area contributed by atoms with Crippen molar-refractivity contribution in [2.24, 2.45) is 0 Å². The van der Waals surface area contributed by atoms with Crippen molar-refractivity contribution in [2.75, 3.05) is 25.6 Å². The number of ether oxygens (including phenoxy) is 1. The van der Waals surface area contributed by atoms with Gasteiger partial charge < -0.3 is 20.3 Å². The van der Waals surface area contributed by atoms with Gasteiger partial charge in [0.25, 0.3) is 0 Å². The first kappa shape index (κ1) is 16.6. The van der Waals surface area contributed by atoms with Crippen molar-refractivity contribution in [1.82, 2.24) is 10.6 Å². The summed E-state index contributed by atoms with van der Waals surface area (Å²) in [5.74, 6) is -0.475. The van der Waals surface area contributed by atoms with E-state index in [0.717, 1.165) is 11.3 Å². The number of benzene rings is 1. The van der Waals surface area contributed by atoms with Crippen LogP contribution in [0.5, 0.6) is 0 Å². The predicted octanol–water partition coefficient (Wildman–Crippen LogP) is 2.11. The number of hydrogen-bond donors (Lipinski definition) is 2. The van der Waals surface area contributed by atoms with E-state index in [-0.39, 0.29) is 12.6 Å². The number of amides is 2. The van der Waals surface area contributed by atoms with Crippen LogP contribution < -0.4 is 15.5 Å². The molecule has 1 aromatic rings. The molecule has 1 atom stereocenters. The van der Waals surface area contributed by atoms with Gasteiger partial charge in [0.05, 0.1) is 11.6 Å². The van der Waals surface area contributed by atoms with Gasteiger partial charge in [-0.1, -0.05) is 24.8 Å². The Kier molecular flexibility index (Phi) is 5.05. The Morgan fingerprint density at radius 2 is 2.00 bits per heavy atom. The lowest BCUT2D eigenvalue weighted by Crippen LogP contribution is -2.45. The van der Waals surface area contributed by atoms with Crippen LogP contribution in [0.15, 0.2) is 48.2 Å². The molecule has 0 bridgehead atoms. The van der Waals surface area contributed by atoms with Gasteiger partial charge in [0.15, 0.2) is 0 Å². The van der Waals surface area contributed by atoms with Crippen LogP contribution in [0.25, 0.3) is 0 Å². The molecule has 1 aliphatic rings. The fourth-order valence-corrected chi connectivity index (χ4v) is 2.39. The van der Waals surface area contributed by atoms with E-state index in [1.165, 1.54) is 6.08 Å². The number of nitrogens with one attached hydrogen (secondary N) is 2. The summed E-state index contributed by atoms with van der Waals surface area (Å²) in [7, 11) is 3.90. The minimum Gasteiger partial charge on any atom is -0.458 e. The summed E-state index contributed by atoms with van der Waals surface area (Å²) in [4.78, 5) is 26.1. The molecule has 6 nitrogen and oxygen atoms in total. The summed E-state index contributed by atoms with van der Waals surface area (Å²) in [5, 5.41) is 5.38. The van der Waals surface area contributed by atoms with Crippen LogP contribution in [0.1, 0.15) is 18.5 Å². The first-order chi connectivity index (χ1) is 10.9. The second kappa shape index (κ2) is 7.00. The van der Waals surface area contributed by atoms with E-state index >= 15 is 0 Å².